The van der Waals surface area contributed by atoms with Crippen molar-refractivity contribution in [3.63, 3.8) is 0 Å². The molecule has 1 saturated carbocycles. The van der Waals surface area contributed by atoms with E-state index >= 15 is 0 Å². The molecule has 0 bridgehead atoms. The monoisotopic (exact) mass is 452 g/mol. The van der Waals surface area contributed by atoms with Gasteiger partial charge in [0.25, 0.3) is 5.91 Å². The van der Waals surface area contributed by atoms with E-state index in [1.807, 2.05) is 22.8 Å². The number of carbonyl (C=O) groups excluding carboxylic acids is 1. The number of hydrogen-bond donors (Lipinski definition) is 2. The molecule has 0 unspecified atom stereocenters. The standard InChI is InChI=1S/C24H29ClN6O/c25-19-7-11-28-22-21(19)18(16-31(22)20-6-2-5-10-27-20)23(32)29-17-24(8-3-1-4-9-24)30-14-12-26-13-15-30/h2,5-7,10-11,16,26H,1,3-4,8-9,12-15,17H2,(H,29,32). The van der Waals surface area contributed by atoms with E-state index in [-0.39, 0.29) is 11.4 Å². The number of piperazine rings is 1. The first-order chi connectivity index (χ1) is 15.7. The third kappa shape index (κ3) is 4.00. The molecule has 2 aliphatic rings. The van der Waals surface area contributed by atoms with Crippen LogP contribution in [-0.2, 0) is 0 Å². The summed E-state index contributed by atoms with van der Waals surface area (Å²) in [4.78, 5) is 25.0. The minimum Gasteiger partial charge on any atom is -0.350 e. The fourth-order valence-corrected chi connectivity index (χ4v) is 5.49. The SMILES string of the molecule is O=C(NCC1(N2CCNCC2)CCCCC1)c1cn(-c2ccccn2)c2nccc(Cl)c12. The molecule has 5 rings (SSSR count). The maximum Gasteiger partial charge on any atom is 0.253 e. The minimum absolute atomic E-state index is 0.0391. The number of halogens is 1. The molecule has 1 saturated heterocycles. The molecule has 1 aliphatic carbocycles. The Balaban J connectivity index is 1.44. The second-order valence-electron chi connectivity index (χ2n) is 8.80. The number of amides is 1. The molecular formula is C24H29ClN6O. The number of aromatic nitrogens is 3. The van der Waals surface area contributed by atoms with Crippen molar-refractivity contribution >= 4 is 28.5 Å². The molecule has 1 amide bonds. The molecule has 2 N–H and O–H groups in total. The van der Waals surface area contributed by atoms with Gasteiger partial charge in [-0.15, -0.1) is 0 Å². The van der Waals surface area contributed by atoms with Gasteiger partial charge in [-0.3, -0.25) is 14.3 Å². The lowest BCUT2D eigenvalue weighted by atomic mass is 9.79. The van der Waals surface area contributed by atoms with Crippen LogP contribution in [0.15, 0.2) is 42.9 Å². The highest BCUT2D eigenvalue weighted by molar-refractivity contribution is 6.36. The number of fused-ring (bicyclic) bond motifs is 1. The largest absolute Gasteiger partial charge is 0.350 e. The molecule has 4 heterocycles. The van der Waals surface area contributed by atoms with Gasteiger partial charge < -0.3 is 10.6 Å². The Morgan fingerprint density at radius 2 is 1.91 bits per heavy atom. The molecule has 168 valence electrons. The van der Waals surface area contributed by atoms with E-state index in [4.69, 9.17) is 11.6 Å². The van der Waals surface area contributed by atoms with E-state index in [0.29, 0.717) is 34.0 Å². The Morgan fingerprint density at radius 3 is 2.66 bits per heavy atom. The van der Waals surface area contributed by atoms with Gasteiger partial charge in [0.2, 0.25) is 0 Å². The van der Waals surface area contributed by atoms with Gasteiger partial charge in [0.1, 0.15) is 11.5 Å². The van der Waals surface area contributed by atoms with Crippen molar-refractivity contribution in [3.05, 3.63) is 53.4 Å². The first-order valence-electron chi connectivity index (χ1n) is 11.5. The Hall–Kier alpha value is -2.48. The third-order valence-electron chi connectivity index (χ3n) is 6.93. The van der Waals surface area contributed by atoms with Gasteiger partial charge >= 0.3 is 0 Å². The third-order valence-corrected chi connectivity index (χ3v) is 7.24. The molecule has 7 nitrogen and oxygen atoms in total. The van der Waals surface area contributed by atoms with Gasteiger partial charge in [-0.05, 0) is 31.0 Å². The average Bonchev–Trinajstić information content (AvgIpc) is 3.25. The molecule has 1 aliphatic heterocycles. The van der Waals surface area contributed by atoms with Crippen LogP contribution in [0, 0.1) is 0 Å². The molecule has 8 heteroatoms. The summed E-state index contributed by atoms with van der Waals surface area (Å²) in [5.41, 5.74) is 1.21. The molecular weight excluding hydrogens is 424 g/mol. The molecule has 0 atom stereocenters. The first-order valence-corrected chi connectivity index (χ1v) is 11.9. The van der Waals surface area contributed by atoms with Crippen LogP contribution < -0.4 is 10.6 Å². The van der Waals surface area contributed by atoms with Gasteiger partial charge in [0.05, 0.1) is 16.0 Å². The summed E-state index contributed by atoms with van der Waals surface area (Å²) in [5, 5.41) is 7.90. The molecule has 3 aromatic rings. The van der Waals surface area contributed by atoms with E-state index in [0.717, 1.165) is 39.0 Å². The van der Waals surface area contributed by atoms with Crippen molar-refractivity contribution < 1.29 is 4.79 Å². The van der Waals surface area contributed by atoms with Crippen molar-refractivity contribution in [1.82, 2.24) is 30.1 Å². The molecule has 32 heavy (non-hydrogen) atoms. The van der Waals surface area contributed by atoms with Crippen LogP contribution in [0.1, 0.15) is 42.5 Å². The summed E-state index contributed by atoms with van der Waals surface area (Å²) in [6.07, 6.45) is 11.2. The summed E-state index contributed by atoms with van der Waals surface area (Å²) in [7, 11) is 0. The second-order valence-corrected chi connectivity index (χ2v) is 9.20. The van der Waals surface area contributed by atoms with Crippen LogP contribution >= 0.6 is 11.6 Å². The zero-order chi connectivity index (χ0) is 22.0. The Labute approximate surface area is 193 Å². The highest BCUT2D eigenvalue weighted by Crippen LogP contribution is 2.34. The summed E-state index contributed by atoms with van der Waals surface area (Å²) in [6, 6.07) is 7.40. The maximum atomic E-state index is 13.5. The molecule has 3 aromatic heterocycles. The lowest BCUT2D eigenvalue weighted by Crippen LogP contribution is -2.61. The van der Waals surface area contributed by atoms with Crippen molar-refractivity contribution in [3.8, 4) is 5.82 Å². The summed E-state index contributed by atoms with van der Waals surface area (Å²) in [6.45, 7) is 4.73. The van der Waals surface area contributed by atoms with E-state index in [2.05, 4.69) is 25.5 Å². The van der Waals surface area contributed by atoms with Crippen molar-refractivity contribution in [2.75, 3.05) is 32.7 Å². The molecule has 2 fully saturated rings. The zero-order valence-corrected chi connectivity index (χ0v) is 18.9. The van der Waals surface area contributed by atoms with Crippen molar-refractivity contribution in [1.29, 1.82) is 0 Å². The Bertz CT molecular complexity index is 1090. The van der Waals surface area contributed by atoms with Crippen LogP contribution in [0.5, 0.6) is 0 Å². The van der Waals surface area contributed by atoms with Gasteiger partial charge in [-0.1, -0.05) is 36.9 Å². The first kappa shape index (κ1) is 21.4. The van der Waals surface area contributed by atoms with Gasteiger partial charge in [-0.2, -0.15) is 0 Å². The lowest BCUT2D eigenvalue weighted by molar-refractivity contribution is 0.0379. The molecule has 0 spiro atoms. The van der Waals surface area contributed by atoms with Crippen molar-refractivity contribution in [2.24, 2.45) is 0 Å². The summed E-state index contributed by atoms with van der Waals surface area (Å²) >= 11 is 6.54. The fourth-order valence-electron chi connectivity index (χ4n) is 5.25. The van der Waals surface area contributed by atoms with Gasteiger partial charge in [0.15, 0.2) is 0 Å². The zero-order valence-electron chi connectivity index (χ0n) is 18.2. The highest BCUT2D eigenvalue weighted by atomic mass is 35.5. The Kier molecular flexibility index (Phi) is 6.13. The van der Waals surface area contributed by atoms with E-state index in [1.54, 1.807) is 24.7 Å². The number of hydrogen-bond acceptors (Lipinski definition) is 5. The number of pyridine rings is 2. The van der Waals surface area contributed by atoms with E-state index < -0.39 is 0 Å². The lowest BCUT2D eigenvalue weighted by Gasteiger charge is -2.48. The average molecular weight is 453 g/mol. The normalized spacial score (nSPS) is 19.2. The number of nitrogens with one attached hydrogen (secondary N) is 2. The maximum absolute atomic E-state index is 13.5. The smallest absolute Gasteiger partial charge is 0.253 e. The van der Waals surface area contributed by atoms with Gasteiger partial charge in [-0.25, -0.2) is 9.97 Å². The summed E-state index contributed by atoms with van der Waals surface area (Å²) < 4.78 is 1.84. The fraction of sp³-hybridized carbons (Fsp3) is 0.458. The second kappa shape index (κ2) is 9.17. The Morgan fingerprint density at radius 1 is 1.09 bits per heavy atom. The minimum atomic E-state index is -0.111. The van der Waals surface area contributed by atoms with Crippen LogP contribution in [0.4, 0.5) is 0 Å². The topological polar surface area (TPSA) is 75.1 Å². The predicted molar refractivity (Wildman–Crippen MR) is 126 cm³/mol. The summed E-state index contributed by atoms with van der Waals surface area (Å²) in [5.74, 6) is 0.593. The van der Waals surface area contributed by atoms with Crippen molar-refractivity contribution in [2.45, 2.75) is 37.6 Å². The van der Waals surface area contributed by atoms with Crippen LogP contribution in [0.3, 0.4) is 0 Å². The van der Waals surface area contributed by atoms with E-state index in [1.165, 1.54) is 19.3 Å². The van der Waals surface area contributed by atoms with Gasteiger partial charge in [0, 0.05) is 56.9 Å². The number of nitrogens with zero attached hydrogens (tertiary/aromatic N) is 4. The number of rotatable bonds is 5. The number of carbonyl (C=O) groups is 1. The quantitative estimate of drug-likeness (QED) is 0.620. The van der Waals surface area contributed by atoms with Crippen LogP contribution in [-0.4, -0.2) is 63.6 Å². The van der Waals surface area contributed by atoms with Crippen LogP contribution in [0.25, 0.3) is 16.9 Å². The highest BCUT2D eigenvalue weighted by Gasteiger charge is 2.38. The van der Waals surface area contributed by atoms with E-state index in [9.17, 15) is 4.79 Å². The van der Waals surface area contributed by atoms with Crippen LogP contribution in [0.2, 0.25) is 5.02 Å². The molecule has 0 radical (unpaired) electrons. The predicted octanol–water partition coefficient (Wildman–Crippen LogP) is 3.41. The molecule has 0 aromatic carbocycles.